The third kappa shape index (κ3) is 6.80. The predicted octanol–water partition coefficient (Wildman–Crippen LogP) is 3.87. The van der Waals surface area contributed by atoms with Crippen LogP contribution in [0.25, 0.3) is 0 Å². The Kier molecular flexibility index (Phi) is 8.85. The van der Waals surface area contributed by atoms with Crippen LogP contribution < -0.4 is 5.32 Å². The van der Waals surface area contributed by atoms with Gasteiger partial charge in [-0.15, -0.1) is 0 Å². The number of amides is 1. The summed E-state index contributed by atoms with van der Waals surface area (Å²) in [7, 11) is -0.719. The molecule has 1 aromatic rings. The van der Waals surface area contributed by atoms with Crippen LogP contribution >= 0.6 is 0 Å². The number of nitrogens with zero attached hydrogens (tertiary/aromatic N) is 1. The third-order valence-electron chi connectivity index (χ3n) is 5.64. The first-order valence-electron chi connectivity index (χ1n) is 10.6. The van der Waals surface area contributed by atoms with Crippen LogP contribution in [0.2, 0.25) is 0 Å². The molecule has 1 aliphatic rings. The minimum atomic E-state index is -3.61. The standard InChI is InChI=1S/C22H34N2O5S/c1-16-13-14-19(30(27,28)24(3)4)15-20(16)23-22(26)17(2)29-21(25)12-8-11-18-9-6-5-7-10-18/h13-15,17-18H,5-12H2,1-4H3,(H,23,26). The number of aryl methyl sites for hydroxylation is 1. The van der Waals surface area contributed by atoms with Crippen molar-refractivity contribution >= 4 is 27.6 Å². The maximum Gasteiger partial charge on any atom is 0.306 e. The van der Waals surface area contributed by atoms with Crippen LogP contribution in [0.3, 0.4) is 0 Å². The lowest BCUT2D eigenvalue weighted by atomic mass is 9.86. The molecule has 1 amide bonds. The van der Waals surface area contributed by atoms with Crippen molar-refractivity contribution in [3.8, 4) is 0 Å². The Labute approximate surface area is 180 Å². The van der Waals surface area contributed by atoms with Crippen LogP contribution in [0.4, 0.5) is 5.69 Å². The van der Waals surface area contributed by atoms with Crippen molar-refractivity contribution in [2.24, 2.45) is 5.92 Å². The molecule has 30 heavy (non-hydrogen) atoms. The van der Waals surface area contributed by atoms with Gasteiger partial charge in [0.25, 0.3) is 5.91 Å². The van der Waals surface area contributed by atoms with Crippen LogP contribution in [-0.2, 0) is 24.3 Å². The van der Waals surface area contributed by atoms with Crippen molar-refractivity contribution in [3.63, 3.8) is 0 Å². The van der Waals surface area contributed by atoms with Gasteiger partial charge in [-0.05, 0) is 50.3 Å². The van der Waals surface area contributed by atoms with Gasteiger partial charge in [0.1, 0.15) is 0 Å². The molecule has 1 aliphatic carbocycles. The molecule has 1 unspecified atom stereocenters. The Bertz CT molecular complexity index is 845. The van der Waals surface area contributed by atoms with E-state index in [4.69, 9.17) is 4.74 Å². The average molecular weight is 439 g/mol. The second-order valence-electron chi connectivity index (χ2n) is 8.28. The van der Waals surface area contributed by atoms with Crippen molar-refractivity contribution in [3.05, 3.63) is 23.8 Å². The number of esters is 1. The molecule has 1 saturated carbocycles. The Morgan fingerprint density at radius 2 is 1.87 bits per heavy atom. The van der Waals surface area contributed by atoms with E-state index in [0.717, 1.165) is 17.1 Å². The van der Waals surface area contributed by atoms with E-state index in [0.29, 0.717) is 23.6 Å². The van der Waals surface area contributed by atoms with Crippen molar-refractivity contribution < 1.29 is 22.7 Å². The first-order valence-corrected chi connectivity index (χ1v) is 12.1. The number of ether oxygens (including phenoxy) is 1. The largest absolute Gasteiger partial charge is 0.453 e. The normalized spacial score (nSPS) is 16.3. The number of rotatable bonds is 9. The van der Waals surface area contributed by atoms with Crippen LogP contribution in [0, 0.1) is 12.8 Å². The number of sulfonamides is 1. The lowest BCUT2D eigenvalue weighted by molar-refractivity contribution is -0.153. The molecule has 1 aromatic carbocycles. The summed E-state index contributed by atoms with van der Waals surface area (Å²) in [6, 6.07) is 4.55. The molecule has 8 heteroatoms. The molecular weight excluding hydrogens is 404 g/mol. The SMILES string of the molecule is Cc1ccc(S(=O)(=O)N(C)C)cc1NC(=O)C(C)OC(=O)CCCC1CCCCC1. The van der Waals surface area contributed by atoms with Crippen molar-refractivity contribution in [2.45, 2.75) is 76.2 Å². The molecule has 0 radical (unpaired) electrons. The number of benzene rings is 1. The molecule has 2 rings (SSSR count). The third-order valence-corrected chi connectivity index (χ3v) is 7.45. The fourth-order valence-electron chi connectivity index (χ4n) is 3.66. The minimum absolute atomic E-state index is 0.0840. The molecule has 0 saturated heterocycles. The van der Waals surface area contributed by atoms with Crippen molar-refractivity contribution in [1.82, 2.24) is 4.31 Å². The Balaban J connectivity index is 1.88. The van der Waals surface area contributed by atoms with Gasteiger partial charge in [-0.25, -0.2) is 12.7 Å². The topological polar surface area (TPSA) is 92.8 Å². The second kappa shape index (κ2) is 10.9. The molecule has 0 bridgehead atoms. The lowest BCUT2D eigenvalue weighted by Crippen LogP contribution is -2.30. The average Bonchev–Trinajstić information content (AvgIpc) is 2.70. The number of nitrogens with one attached hydrogen (secondary N) is 1. The molecular formula is C22H34N2O5S. The maximum absolute atomic E-state index is 12.5. The highest BCUT2D eigenvalue weighted by Gasteiger charge is 2.22. The lowest BCUT2D eigenvalue weighted by Gasteiger charge is -2.21. The summed E-state index contributed by atoms with van der Waals surface area (Å²) in [6.07, 6.45) is 7.53. The van der Waals surface area contributed by atoms with Gasteiger partial charge in [-0.3, -0.25) is 9.59 Å². The predicted molar refractivity (Wildman–Crippen MR) is 117 cm³/mol. The van der Waals surface area contributed by atoms with Crippen LogP contribution in [0.1, 0.15) is 63.9 Å². The van der Waals surface area contributed by atoms with E-state index >= 15 is 0 Å². The van der Waals surface area contributed by atoms with E-state index in [-0.39, 0.29) is 10.9 Å². The van der Waals surface area contributed by atoms with Gasteiger partial charge in [-0.1, -0.05) is 38.2 Å². The van der Waals surface area contributed by atoms with Crippen molar-refractivity contribution in [2.75, 3.05) is 19.4 Å². The highest BCUT2D eigenvalue weighted by atomic mass is 32.2. The summed E-state index contributed by atoms with van der Waals surface area (Å²) >= 11 is 0. The van der Waals surface area contributed by atoms with Gasteiger partial charge >= 0.3 is 5.97 Å². The van der Waals surface area contributed by atoms with Gasteiger partial charge in [-0.2, -0.15) is 0 Å². The Hall–Kier alpha value is -1.93. The smallest absolute Gasteiger partial charge is 0.306 e. The van der Waals surface area contributed by atoms with E-state index < -0.39 is 22.0 Å². The van der Waals surface area contributed by atoms with Crippen LogP contribution in [0.5, 0.6) is 0 Å². The highest BCUT2D eigenvalue weighted by molar-refractivity contribution is 7.89. The summed E-state index contributed by atoms with van der Waals surface area (Å²) in [5.74, 6) is -0.159. The molecule has 7 nitrogen and oxygen atoms in total. The van der Waals surface area contributed by atoms with Gasteiger partial charge in [0, 0.05) is 26.2 Å². The van der Waals surface area contributed by atoms with Crippen LogP contribution in [0.15, 0.2) is 23.1 Å². The molecule has 1 fully saturated rings. The van der Waals surface area contributed by atoms with Gasteiger partial charge in [0.15, 0.2) is 6.10 Å². The zero-order valence-electron chi connectivity index (χ0n) is 18.4. The van der Waals surface area contributed by atoms with Crippen LogP contribution in [-0.4, -0.2) is 44.8 Å². The number of hydrogen-bond donors (Lipinski definition) is 1. The first kappa shape index (κ1) is 24.3. The molecule has 0 spiro atoms. The van der Waals surface area contributed by atoms with Gasteiger partial charge < -0.3 is 10.1 Å². The van der Waals surface area contributed by atoms with E-state index in [2.05, 4.69) is 5.32 Å². The molecule has 0 aliphatic heterocycles. The fourth-order valence-corrected chi connectivity index (χ4v) is 4.59. The number of carbonyl (C=O) groups is 2. The second-order valence-corrected chi connectivity index (χ2v) is 10.4. The molecule has 1 atom stereocenters. The summed E-state index contributed by atoms with van der Waals surface area (Å²) in [6.45, 7) is 3.29. The number of hydrogen-bond acceptors (Lipinski definition) is 5. The Morgan fingerprint density at radius 3 is 2.50 bits per heavy atom. The Morgan fingerprint density at radius 1 is 1.20 bits per heavy atom. The van der Waals surface area contributed by atoms with E-state index in [1.807, 2.05) is 0 Å². The molecule has 0 heterocycles. The zero-order valence-corrected chi connectivity index (χ0v) is 19.3. The van der Waals surface area contributed by atoms with E-state index in [1.54, 1.807) is 13.0 Å². The maximum atomic E-state index is 12.5. The zero-order chi connectivity index (χ0) is 22.3. The number of anilines is 1. The molecule has 0 aromatic heterocycles. The summed E-state index contributed by atoms with van der Waals surface area (Å²) in [4.78, 5) is 24.6. The van der Waals surface area contributed by atoms with E-state index in [9.17, 15) is 18.0 Å². The molecule has 1 N–H and O–H groups in total. The molecule has 168 valence electrons. The van der Waals surface area contributed by atoms with Gasteiger partial charge in [0.05, 0.1) is 4.90 Å². The quantitative estimate of drug-likeness (QED) is 0.591. The number of carbonyl (C=O) groups excluding carboxylic acids is 2. The summed E-state index contributed by atoms with van der Waals surface area (Å²) in [5.41, 5.74) is 1.09. The minimum Gasteiger partial charge on any atom is -0.453 e. The van der Waals surface area contributed by atoms with Gasteiger partial charge in [0.2, 0.25) is 10.0 Å². The summed E-state index contributed by atoms with van der Waals surface area (Å²) in [5, 5.41) is 2.68. The first-order chi connectivity index (χ1) is 14.1. The summed E-state index contributed by atoms with van der Waals surface area (Å²) < 4.78 is 31.0. The fraction of sp³-hybridized carbons (Fsp3) is 0.636. The van der Waals surface area contributed by atoms with Crippen molar-refractivity contribution in [1.29, 1.82) is 0 Å². The van der Waals surface area contributed by atoms with E-state index in [1.165, 1.54) is 65.3 Å². The monoisotopic (exact) mass is 438 g/mol. The highest BCUT2D eigenvalue weighted by Crippen LogP contribution is 2.28.